The molecule has 6 nitrogen and oxygen atoms in total. The summed E-state index contributed by atoms with van der Waals surface area (Å²) in [4.78, 5) is 32.5. The topological polar surface area (TPSA) is 68.4 Å². The van der Waals surface area contributed by atoms with Crippen LogP contribution in [0.5, 0.6) is 0 Å². The van der Waals surface area contributed by atoms with Gasteiger partial charge in [-0.2, -0.15) is 0 Å². The molecular formula is C25H35ClN4O2. The van der Waals surface area contributed by atoms with Crippen molar-refractivity contribution in [3.8, 4) is 0 Å². The number of aromatic nitrogens is 1. The molecule has 1 aliphatic rings. The largest absolute Gasteiger partial charge is 0.369 e. The quantitative estimate of drug-likeness (QED) is 0.650. The van der Waals surface area contributed by atoms with E-state index in [-0.39, 0.29) is 18.0 Å². The highest BCUT2D eigenvalue weighted by atomic mass is 35.5. The molecule has 1 saturated carbocycles. The number of rotatable bonds is 7. The Morgan fingerprint density at radius 1 is 1.16 bits per heavy atom. The first-order chi connectivity index (χ1) is 15.2. The number of amides is 1. The standard InChI is InChI=1S/C25H35ClN4O2/c1-6-30(20-9-7-19(8-10-20)29(4)5)23-14-18(26)13-21(17(23)3)24(31)28-15-22-16(2)11-12-27-25(22)32/h11-14,19-20H,6-10,15H2,1-5H3,(H,27,32)(H,28,31). The molecule has 1 amide bonds. The van der Waals surface area contributed by atoms with Crippen LogP contribution in [0, 0.1) is 13.8 Å². The summed E-state index contributed by atoms with van der Waals surface area (Å²) in [7, 11) is 4.30. The Morgan fingerprint density at radius 2 is 1.81 bits per heavy atom. The summed E-state index contributed by atoms with van der Waals surface area (Å²) in [5, 5.41) is 3.45. The number of carbonyl (C=O) groups is 1. The molecule has 2 N–H and O–H groups in total. The molecule has 0 spiro atoms. The van der Waals surface area contributed by atoms with Crippen LogP contribution in [0.15, 0.2) is 29.2 Å². The van der Waals surface area contributed by atoms with E-state index in [0.29, 0.717) is 28.2 Å². The van der Waals surface area contributed by atoms with Crippen LogP contribution in [-0.2, 0) is 6.54 Å². The first kappa shape index (κ1) is 24.3. The summed E-state index contributed by atoms with van der Waals surface area (Å²) < 4.78 is 0. The molecule has 0 bridgehead atoms. The third-order valence-corrected chi connectivity index (χ3v) is 7.02. The van der Waals surface area contributed by atoms with E-state index >= 15 is 0 Å². The van der Waals surface area contributed by atoms with Gasteiger partial charge in [0.1, 0.15) is 0 Å². The number of nitrogens with zero attached hydrogens (tertiary/aromatic N) is 2. The van der Waals surface area contributed by atoms with Gasteiger partial charge < -0.3 is 20.1 Å². The second kappa shape index (κ2) is 10.5. The van der Waals surface area contributed by atoms with Crippen LogP contribution in [0.2, 0.25) is 5.02 Å². The van der Waals surface area contributed by atoms with Gasteiger partial charge in [-0.1, -0.05) is 11.6 Å². The molecule has 0 aliphatic heterocycles. The first-order valence-electron chi connectivity index (χ1n) is 11.4. The highest BCUT2D eigenvalue weighted by Gasteiger charge is 2.28. The van der Waals surface area contributed by atoms with Gasteiger partial charge in [0.2, 0.25) is 0 Å². The Morgan fingerprint density at radius 3 is 2.41 bits per heavy atom. The predicted octanol–water partition coefficient (Wildman–Crippen LogP) is 4.27. The van der Waals surface area contributed by atoms with Crippen LogP contribution in [-0.4, -0.2) is 48.5 Å². The molecule has 32 heavy (non-hydrogen) atoms. The van der Waals surface area contributed by atoms with Gasteiger partial charge in [0.25, 0.3) is 11.5 Å². The number of halogens is 1. The van der Waals surface area contributed by atoms with E-state index in [4.69, 9.17) is 11.6 Å². The van der Waals surface area contributed by atoms with Crippen LogP contribution < -0.4 is 15.8 Å². The first-order valence-corrected chi connectivity index (χ1v) is 11.8. The van der Waals surface area contributed by atoms with Crippen molar-refractivity contribution in [2.24, 2.45) is 0 Å². The van der Waals surface area contributed by atoms with Crippen molar-refractivity contribution in [2.75, 3.05) is 25.5 Å². The average Bonchev–Trinajstić information content (AvgIpc) is 2.76. The van der Waals surface area contributed by atoms with Crippen molar-refractivity contribution in [3.63, 3.8) is 0 Å². The van der Waals surface area contributed by atoms with Gasteiger partial charge in [-0.3, -0.25) is 9.59 Å². The molecule has 0 atom stereocenters. The molecule has 1 heterocycles. The zero-order chi connectivity index (χ0) is 23.4. The molecule has 3 rings (SSSR count). The number of nitrogens with one attached hydrogen (secondary N) is 2. The van der Waals surface area contributed by atoms with Crippen molar-refractivity contribution in [1.29, 1.82) is 0 Å². The summed E-state index contributed by atoms with van der Waals surface area (Å²) in [6.07, 6.45) is 6.21. The highest BCUT2D eigenvalue weighted by Crippen LogP contribution is 2.34. The summed E-state index contributed by atoms with van der Waals surface area (Å²) >= 11 is 6.47. The Hall–Kier alpha value is -2.31. The molecule has 0 saturated heterocycles. The molecule has 1 fully saturated rings. The fourth-order valence-corrected chi connectivity index (χ4v) is 5.02. The number of hydrogen-bond donors (Lipinski definition) is 2. The van der Waals surface area contributed by atoms with Gasteiger partial charge >= 0.3 is 0 Å². The third-order valence-electron chi connectivity index (χ3n) is 6.80. The molecule has 174 valence electrons. The third kappa shape index (κ3) is 5.36. The minimum Gasteiger partial charge on any atom is -0.369 e. The molecular weight excluding hydrogens is 424 g/mol. The van der Waals surface area contributed by atoms with Crippen LogP contribution in [0.1, 0.15) is 59.7 Å². The molecule has 7 heteroatoms. The smallest absolute Gasteiger partial charge is 0.253 e. The zero-order valence-electron chi connectivity index (χ0n) is 19.8. The monoisotopic (exact) mass is 458 g/mol. The summed E-state index contributed by atoms with van der Waals surface area (Å²) in [5.41, 5.74) is 3.73. The van der Waals surface area contributed by atoms with E-state index in [9.17, 15) is 9.59 Å². The van der Waals surface area contributed by atoms with E-state index in [0.717, 1.165) is 36.2 Å². The molecule has 1 aromatic carbocycles. The van der Waals surface area contributed by atoms with Gasteiger partial charge in [-0.05, 0) is 89.9 Å². The highest BCUT2D eigenvalue weighted by molar-refractivity contribution is 6.31. The van der Waals surface area contributed by atoms with Crippen molar-refractivity contribution in [3.05, 3.63) is 62.0 Å². The fraction of sp³-hybridized carbons (Fsp3) is 0.520. The lowest BCUT2D eigenvalue weighted by Crippen LogP contribution is -2.42. The lowest BCUT2D eigenvalue weighted by molar-refractivity contribution is 0.0950. The maximum Gasteiger partial charge on any atom is 0.253 e. The van der Waals surface area contributed by atoms with Crippen LogP contribution in [0.25, 0.3) is 0 Å². The number of pyridine rings is 1. The molecule has 0 radical (unpaired) electrons. The number of aromatic amines is 1. The number of aryl methyl sites for hydroxylation is 1. The average molecular weight is 459 g/mol. The predicted molar refractivity (Wildman–Crippen MR) is 132 cm³/mol. The summed E-state index contributed by atoms with van der Waals surface area (Å²) in [6.45, 7) is 7.04. The van der Waals surface area contributed by atoms with Gasteiger partial charge in [0.15, 0.2) is 0 Å². The fourth-order valence-electron chi connectivity index (χ4n) is 4.80. The minimum absolute atomic E-state index is 0.175. The van der Waals surface area contributed by atoms with Crippen molar-refractivity contribution >= 4 is 23.2 Å². The minimum atomic E-state index is -0.221. The number of carbonyl (C=O) groups excluding carboxylic acids is 1. The number of anilines is 1. The second-order valence-corrected chi connectivity index (χ2v) is 9.40. The van der Waals surface area contributed by atoms with Gasteiger partial charge in [-0.15, -0.1) is 0 Å². The van der Waals surface area contributed by atoms with Crippen molar-refractivity contribution in [1.82, 2.24) is 15.2 Å². The van der Waals surface area contributed by atoms with E-state index in [2.05, 4.69) is 41.1 Å². The van der Waals surface area contributed by atoms with Crippen LogP contribution in [0.4, 0.5) is 5.69 Å². The molecule has 0 unspecified atom stereocenters. The molecule has 2 aromatic rings. The van der Waals surface area contributed by atoms with Gasteiger partial charge in [0, 0.05) is 53.2 Å². The van der Waals surface area contributed by atoms with E-state index in [1.807, 2.05) is 26.0 Å². The van der Waals surface area contributed by atoms with Crippen LogP contribution in [0.3, 0.4) is 0 Å². The molecule has 1 aromatic heterocycles. The second-order valence-electron chi connectivity index (χ2n) is 8.96. The Balaban J connectivity index is 1.81. The maximum absolute atomic E-state index is 13.1. The van der Waals surface area contributed by atoms with Crippen molar-refractivity contribution < 1.29 is 4.79 Å². The Labute approximate surface area is 196 Å². The number of benzene rings is 1. The maximum atomic E-state index is 13.1. The van der Waals surface area contributed by atoms with E-state index in [1.54, 1.807) is 12.3 Å². The van der Waals surface area contributed by atoms with Crippen LogP contribution >= 0.6 is 11.6 Å². The number of hydrogen-bond acceptors (Lipinski definition) is 4. The SMILES string of the molecule is CCN(c1cc(Cl)cc(C(=O)NCc2c(C)cc[nH]c2=O)c1C)C1CCC(N(C)C)CC1. The normalized spacial score (nSPS) is 18.6. The number of H-pyrrole nitrogens is 1. The Bertz CT molecular complexity index is 1010. The van der Waals surface area contributed by atoms with E-state index < -0.39 is 0 Å². The van der Waals surface area contributed by atoms with Gasteiger partial charge in [-0.25, -0.2) is 0 Å². The Kier molecular flexibility index (Phi) is 8.01. The van der Waals surface area contributed by atoms with Crippen molar-refractivity contribution in [2.45, 2.75) is 65.1 Å². The zero-order valence-corrected chi connectivity index (χ0v) is 20.6. The van der Waals surface area contributed by atoms with E-state index in [1.165, 1.54) is 12.8 Å². The lowest BCUT2D eigenvalue weighted by atomic mass is 9.89. The molecule has 1 aliphatic carbocycles. The summed E-state index contributed by atoms with van der Waals surface area (Å²) in [5.74, 6) is -0.221. The summed E-state index contributed by atoms with van der Waals surface area (Å²) in [6, 6.07) is 6.59. The van der Waals surface area contributed by atoms with Gasteiger partial charge in [0.05, 0.1) is 0 Å². The lowest BCUT2D eigenvalue weighted by Gasteiger charge is -2.40.